The van der Waals surface area contributed by atoms with E-state index in [4.69, 9.17) is 29.2 Å². The maximum absolute atomic E-state index is 5.43. The summed E-state index contributed by atoms with van der Waals surface area (Å²) in [7, 11) is 9.78. The molecule has 0 aromatic carbocycles. The molecule has 0 bridgehead atoms. The van der Waals surface area contributed by atoms with Gasteiger partial charge in [-0.05, 0) is 23.7 Å². The van der Waals surface area contributed by atoms with E-state index in [1.165, 1.54) is 77.0 Å². The van der Waals surface area contributed by atoms with Crippen molar-refractivity contribution in [1.82, 2.24) is 0 Å². The summed E-state index contributed by atoms with van der Waals surface area (Å²) >= 11 is -0.556. The first-order valence-electron chi connectivity index (χ1n) is 12.3. The molecule has 3 fully saturated rings. The van der Waals surface area contributed by atoms with Gasteiger partial charge in [-0.25, -0.2) is 0 Å². The Hall–Kier alpha value is 1.21. The third-order valence-electron chi connectivity index (χ3n) is 7.76. The second-order valence-electron chi connectivity index (χ2n) is 10.4. The van der Waals surface area contributed by atoms with Crippen LogP contribution in [0, 0.1) is 23.7 Å². The summed E-state index contributed by atoms with van der Waals surface area (Å²) in [4.78, 5) is 0. The van der Waals surface area contributed by atoms with Gasteiger partial charge in [0, 0.05) is 0 Å². The summed E-state index contributed by atoms with van der Waals surface area (Å²) in [5, 5.41) is 10.9. The average molecular weight is 479 g/mol. The Morgan fingerprint density at radius 3 is 1.34 bits per heavy atom. The van der Waals surface area contributed by atoms with Crippen molar-refractivity contribution in [3.05, 3.63) is 10.6 Å². The first-order chi connectivity index (χ1) is 13.9. The minimum atomic E-state index is -0.556. The molecule has 0 N–H and O–H groups in total. The molecule has 0 aromatic rings. The van der Waals surface area contributed by atoms with Gasteiger partial charge in [-0.2, -0.15) is 12.1 Å². The Bertz CT molecular complexity index is 397. The van der Waals surface area contributed by atoms with Crippen LogP contribution in [0.15, 0.2) is 0 Å². The molecule has 29 heavy (non-hydrogen) atoms. The average Bonchev–Trinajstić information content (AvgIpc) is 2.70. The predicted molar refractivity (Wildman–Crippen MR) is 126 cm³/mol. The van der Waals surface area contributed by atoms with Crippen LogP contribution in [0.1, 0.15) is 105 Å². The zero-order valence-electron chi connectivity index (χ0n) is 19.3. The van der Waals surface area contributed by atoms with E-state index >= 15 is 0 Å². The Labute approximate surface area is 198 Å². The van der Waals surface area contributed by atoms with Gasteiger partial charge < -0.3 is 10.6 Å². The van der Waals surface area contributed by atoms with E-state index in [1.807, 2.05) is 0 Å². The van der Waals surface area contributed by atoms with Gasteiger partial charge in [0.1, 0.15) is 0 Å². The minimum absolute atomic E-state index is 0.541. The van der Waals surface area contributed by atoms with Crippen LogP contribution in [-0.4, -0.2) is 24.2 Å². The molecule has 0 aliphatic heterocycles. The van der Waals surface area contributed by atoms with Gasteiger partial charge >= 0.3 is 35.6 Å². The molecule has 3 saturated carbocycles. The zero-order chi connectivity index (χ0) is 21.2. The molecule has 0 amide bonds. The van der Waals surface area contributed by atoms with Crippen molar-refractivity contribution in [2.45, 2.75) is 129 Å². The first kappa shape index (κ1) is 26.5. The van der Waals surface area contributed by atoms with Crippen molar-refractivity contribution in [3.8, 4) is 0 Å². The maximum atomic E-state index is 5.43. The van der Waals surface area contributed by atoms with Crippen LogP contribution < -0.4 is 0 Å². The molecule has 170 valence electrons. The van der Waals surface area contributed by atoms with E-state index in [9.17, 15) is 0 Å². The van der Waals surface area contributed by atoms with Crippen molar-refractivity contribution in [3.63, 3.8) is 0 Å². The van der Waals surface area contributed by atoms with E-state index in [0.29, 0.717) is 24.2 Å². The zero-order valence-corrected chi connectivity index (χ0v) is 22.3. The Morgan fingerprint density at radius 2 is 1.00 bits per heavy atom. The fourth-order valence-corrected chi connectivity index (χ4v) is 5.86. The standard InChI is InChI=1S/C24H44N2.2ClH.Ti/c1-17(2)19-9-7-11-21(15-19)25-23-13-5-6-14-24(23)26-22-12-8-10-20(16-22)18(3)4;;;/h17-24H,5-16H2,1-4H3;2*1H;/q-2;;;+2/p-2. The van der Waals surface area contributed by atoms with Gasteiger partial charge in [0.05, 0.1) is 0 Å². The van der Waals surface area contributed by atoms with Crippen molar-refractivity contribution in [1.29, 1.82) is 0 Å². The third-order valence-corrected chi connectivity index (χ3v) is 7.76. The topological polar surface area (TPSA) is 28.2 Å². The summed E-state index contributed by atoms with van der Waals surface area (Å²) in [6.45, 7) is 9.61. The van der Waals surface area contributed by atoms with Gasteiger partial charge in [0.25, 0.3) is 0 Å². The third kappa shape index (κ3) is 9.31. The Balaban J connectivity index is 0.000000941. The van der Waals surface area contributed by atoms with Crippen LogP contribution in [0.4, 0.5) is 0 Å². The molecule has 0 radical (unpaired) electrons. The van der Waals surface area contributed by atoms with E-state index in [1.54, 1.807) is 0 Å². The van der Waals surface area contributed by atoms with Gasteiger partial charge in [-0.3, -0.25) is 0 Å². The van der Waals surface area contributed by atoms with Gasteiger partial charge in [-0.15, -0.1) is 12.1 Å². The quantitative estimate of drug-likeness (QED) is 0.341. The molecule has 3 aliphatic rings. The monoisotopic (exact) mass is 478 g/mol. The Kier molecular flexibility index (Phi) is 13.1. The van der Waals surface area contributed by atoms with Crippen molar-refractivity contribution in [2.24, 2.45) is 23.7 Å². The van der Waals surface area contributed by atoms with Crippen LogP contribution >= 0.6 is 18.6 Å². The van der Waals surface area contributed by atoms with Crippen LogP contribution in [-0.2, 0) is 17.0 Å². The summed E-state index contributed by atoms with van der Waals surface area (Å²) in [5.41, 5.74) is 0. The molecule has 6 atom stereocenters. The van der Waals surface area contributed by atoms with Crippen molar-refractivity contribution >= 4 is 18.6 Å². The van der Waals surface area contributed by atoms with Crippen molar-refractivity contribution in [2.75, 3.05) is 0 Å². The molecule has 2 nitrogen and oxygen atoms in total. The van der Waals surface area contributed by atoms with Crippen LogP contribution in [0.3, 0.4) is 0 Å². The Morgan fingerprint density at radius 1 is 0.621 bits per heavy atom. The fraction of sp³-hybridized carbons (Fsp3) is 1.00. The van der Waals surface area contributed by atoms with E-state index in [-0.39, 0.29) is 0 Å². The number of nitrogens with zero attached hydrogens (tertiary/aromatic N) is 2. The number of hydrogen-bond donors (Lipinski definition) is 0. The van der Waals surface area contributed by atoms with E-state index in [0.717, 1.165) is 23.7 Å². The summed E-state index contributed by atoms with van der Waals surface area (Å²) < 4.78 is 0. The molecule has 0 aromatic heterocycles. The second-order valence-corrected chi connectivity index (χ2v) is 13.0. The van der Waals surface area contributed by atoms with Gasteiger partial charge in [0.2, 0.25) is 0 Å². The molecule has 5 heteroatoms. The van der Waals surface area contributed by atoms with E-state index in [2.05, 4.69) is 27.7 Å². The number of halogens is 2. The fourth-order valence-electron chi connectivity index (χ4n) is 5.86. The first-order valence-corrected chi connectivity index (χ1v) is 16.6. The molecular weight excluding hydrogens is 435 g/mol. The number of rotatable bonds is 6. The summed E-state index contributed by atoms with van der Waals surface area (Å²) in [5.74, 6) is 3.47. The normalized spacial score (nSPS) is 35.9. The predicted octanol–water partition coefficient (Wildman–Crippen LogP) is 8.85. The molecular formula is C24H44Cl2N2Ti-2. The summed E-state index contributed by atoms with van der Waals surface area (Å²) in [6.07, 6.45) is 16.4. The van der Waals surface area contributed by atoms with Crippen LogP contribution in [0.2, 0.25) is 0 Å². The van der Waals surface area contributed by atoms with Gasteiger partial charge in [-0.1, -0.05) is 105 Å². The molecule has 0 spiro atoms. The molecule has 6 unspecified atom stereocenters. The SMILES string of the molecule is CC(C)C1CCCC([N-]C2CCCCC2[N-]C2CCCC(C(C)C)C2)C1.[Cl][Ti][Cl]. The molecule has 0 saturated heterocycles. The van der Waals surface area contributed by atoms with Gasteiger partial charge in [0.15, 0.2) is 0 Å². The van der Waals surface area contributed by atoms with E-state index < -0.39 is 17.0 Å². The second kappa shape index (κ2) is 14.4. The van der Waals surface area contributed by atoms with Crippen LogP contribution in [0.25, 0.3) is 10.6 Å². The summed E-state index contributed by atoms with van der Waals surface area (Å²) in [6, 6.07) is 2.34. The van der Waals surface area contributed by atoms with Crippen molar-refractivity contribution < 1.29 is 17.0 Å². The molecule has 0 heterocycles. The van der Waals surface area contributed by atoms with Crippen LogP contribution in [0.5, 0.6) is 0 Å². The molecule has 3 rings (SSSR count). The number of hydrogen-bond acceptors (Lipinski definition) is 0. The molecule has 3 aliphatic carbocycles.